The van der Waals surface area contributed by atoms with Gasteiger partial charge in [0, 0.05) is 13.0 Å². The van der Waals surface area contributed by atoms with E-state index in [1.54, 1.807) is 24.6 Å². The summed E-state index contributed by atoms with van der Waals surface area (Å²) in [6.07, 6.45) is 4.24. The third kappa shape index (κ3) is 6.48. The molecular formula is C28H35N5O5S. The van der Waals surface area contributed by atoms with Crippen LogP contribution in [0.5, 0.6) is 11.5 Å². The fraction of sp³-hybridized carbons (Fsp3) is 0.393. The number of hydrogen-bond acceptors (Lipinski definition) is 7. The van der Waals surface area contributed by atoms with Gasteiger partial charge in [-0.3, -0.25) is 4.79 Å². The number of methoxy groups -OCH3 is 1. The lowest BCUT2D eigenvalue weighted by atomic mass is 10.1. The lowest BCUT2D eigenvalue weighted by molar-refractivity contribution is 0.341. The number of aryl methyl sites for hydroxylation is 2. The Morgan fingerprint density at radius 3 is 2.51 bits per heavy atom. The molecule has 2 N–H and O–H groups in total. The number of rotatable bonds is 13. The van der Waals surface area contributed by atoms with Crippen molar-refractivity contribution in [3.8, 4) is 22.9 Å². The first kappa shape index (κ1) is 28.3. The van der Waals surface area contributed by atoms with Gasteiger partial charge in [-0.25, -0.2) is 22.6 Å². The maximum absolute atomic E-state index is 13.2. The summed E-state index contributed by atoms with van der Waals surface area (Å²) in [5, 5.41) is 4.68. The fourth-order valence-electron chi connectivity index (χ4n) is 4.40. The highest BCUT2D eigenvalue weighted by molar-refractivity contribution is 7.89. The molecule has 4 aromatic rings. The third-order valence-electron chi connectivity index (χ3n) is 6.43. The van der Waals surface area contributed by atoms with Crippen LogP contribution in [0.4, 0.5) is 0 Å². The zero-order chi connectivity index (χ0) is 28.0. The molecular weight excluding hydrogens is 518 g/mol. The van der Waals surface area contributed by atoms with Gasteiger partial charge in [-0.15, -0.1) is 5.10 Å². The van der Waals surface area contributed by atoms with E-state index in [4.69, 9.17) is 9.47 Å². The lowest BCUT2D eigenvalue weighted by Crippen LogP contribution is -2.26. The molecule has 0 fully saturated rings. The van der Waals surface area contributed by atoms with E-state index in [2.05, 4.69) is 26.7 Å². The molecule has 2 aromatic carbocycles. The number of aromatic nitrogens is 4. The first-order valence-corrected chi connectivity index (χ1v) is 14.6. The summed E-state index contributed by atoms with van der Waals surface area (Å²) in [4.78, 5) is 20.5. The zero-order valence-electron chi connectivity index (χ0n) is 22.8. The number of nitrogens with one attached hydrogen (secondary N) is 2. The molecule has 0 radical (unpaired) electrons. The number of benzene rings is 2. The van der Waals surface area contributed by atoms with Gasteiger partial charge in [0.25, 0.3) is 5.56 Å². The molecule has 0 amide bonds. The minimum Gasteiger partial charge on any atom is -0.497 e. The van der Waals surface area contributed by atoms with Crippen LogP contribution < -0.4 is 19.8 Å². The third-order valence-corrected chi connectivity index (χ3v) is 7.89. The van der Waals surface area contributed by atoms with Gasteiger partial charge in [0.1, 0.15) is 17.3 Å². The van der Waals surface area contributed by atoms with Crippen molar-refractivity contribution < 1.29 is 17.9 Å². The van der Waals surface area contributed by atoms with Crippen LogP contribution in [0, 0.1) is 6.92 Å². The maximum atomic E-state index is 13.2. The number of unbranched alkanes of at least 4 members (excludes halogenated alkanes) is 2. The van der Waals surface area contributed by atoms with E-state index in [1.165, 1.54) is 12.1 Å². The predicted octanol–water partition coefficient (Wildman–Crippen LogP) is 4.05. The van der Waals surface area contributed by atoms with Gasteiger partial charge in [-0.2, -0.15) is 0 Å². The Morgan fingerprint density at radius 2 is 1.82 bits per heavy atom. The van der Waals surface area contributed by atoms with E-state index in [0.717, 1.165) is 30.6 Å². The molecule has 0 bridgehead atoms. The molecule has 2 heterocycles. The summed E-state index contributed by atoms with van der Waals surface area (Å²) in [5.41, 5.74) is 1.99. The van der Waals surface area contributed by atoms with Gasteiger partial charge in [-0.05, 0) is 62.6 Å². The molecule has 0 aliphatic heterocycles. The van der Waals surface area contributed by atoms with Gasteiger partial charge in [0.15, 0.2) is 11.3 Å². The van der Waals surface area contributed by atoms with Crippen LogP contribution in [0.15, 0.2) is 52.2 Å². The van der Waals surface area contributed by atoms with Crippen LogP contribution in [0.1, 0.15) is 50.2 Å². The average molecular weight is 554 g/mol. The monoisotopic (exact) mass is 553 g/mol. The second kappa shape index (κ2) is 12.4. The summed E-state index contributed by atoms with van der Waals surface area (Å²) < 4.78 is 41.5. The van der Waals surface area contributed by atoms with Crippen LogP contribution in [0.3, 0.4) is 0 Å². The number of sulfonamides is 1. The van der Waals surface area contributed by atoms with Crippen molar-refractivity contribution in [2.24, 2.45) is 0 Å². The van der Waals surface area contributed by atoms with E-state index in [9.17, 15) is 13.2 Å². The highest BCUT2D eigenvalue weighted by atomic mass is 32.2. The summed E-state index contributed by atoms with van der Waals surface area (Å²) in [6.45, 7) is 6.32. The number of nitrogens with zero attached hydrogens (tertiary/aromatic N) is 3. The van der Waals surface area contributed by atoms with Crippen molar-refractivity contribution in [1.82, 2.24) is 24.3 Å². The van der Waals surface area contributed by atoms with Crippen molar-refractivity contribution >= 4 is 15.5 Å². The number of hydrogen-bond donors (Lipinski definition) is 2. The first-order valence-electron chi connectivity index (χ1n) is 13.2. The van der Waals surface area contributed by atoms with Crippen LogP contribution in [-0.2, 0) is 22.9 Å². The van der Waals surface area contributed by atoms with Crippen LogP contribution in [0.2, 0.25) is 0 Å². The van der Waals surface area contributed by atoms with Crippen LogP contribution in [-0.4, -0.2) is 48.3 Å². The standard InChI is InChI=1S/C28H35N5O5S/c1-5-7-8-9-25-30-19(3)26-28(34)31-27(32-33(25)26)23-18-22(14-15-24(23)38-6-2)39(35,36)29-17-16-20-10-12-21(37-4)13-11-20/h10-15,18,29H,5-9,16-17H2,1-4H3,(H,31,32,34). The molecule has 10 nitrogen and oxygen atoms in total. The molecule has 4 rings (SSSR count). The second-order valence-corrected chi connectivity index (χ2v) is 11.0. The minimum atomic E-state index is -3.85. The molecule has 0 atom stereocenters. The largest absolute Gasteiger partial charge is 0.497 e. The van der Waals surface area contributed by atoms with Gasteiger partial charge < -0.3 is 14.5 Å². The highest BCUT2D eigenvalue weighted by Crippen LogP contribution is 2.30. The van der Waals surface area contributed by atoms with E-state index in [-0.39, 0.29) is 22.8 Å². The van der Waals surface area contributed by atoms with Crippen molar-refractivity contribution in [1.29, 1.82) is 0 Å². The Bertz CT molecular complexity index is 1590. The minimum absolute atomic E-state index is 0.0448. The Hall–Kier alpha value is -3.70. The molecule has 0 aliphatic carbocycles. The number of aromatic amines is 1. The molecule has 0 saturated heterocycles. The molecule has 0 unspecified atom stereocenters. The zero-order valence-corrected chi connectivity index (χ0v) is 23.6. The number of fused-ring (bicyclic) bond motifs is 1. The van der Waals surface area contributed by atoms with E-state index in [1.807, 2.05) is 31.2 Å². The average Bonchev–Trinajstić information content (AvgIpc) is 3.25. The Morgan fingerprint density at radius 1 is 1.05 bits per heavy atom. The molecule has 11 heteroatoms. The number of imidazole rings is 1. The van der Waals surface area contributed by atoms with Crippen LogP contribution in [0.25, 0.3) is 16.9 Å². The SMILES string of the molecule is CCCCCc1nc(C)c2c(=O)[nH]c(-c3cc(S(=O)(=O)NCCc4ccc(OC)cc4)ccc3OCC)nn12. The summed E-state index contributed by atoms with van der Waals surface area (Å²) in [5.74, 6) is 2.07. The Labute approximate surface area is 228 Å². The van der Waals surface area contributed by atoms with Gasteiger partial charge in [0.2, 0.25) is 10.0 Å². The predicted molar refractivity (Wildman–Crippen MR) is 150 cm³/mol. The van der Waals surface area contributed by atoms with Gasteiger partial charge in [-0.1, -0.05) is 31.9 Å². The first-order chi connectivity index (χ1) is 18.8. The van der Waals surface area contributed by atoms with Crippen molar-refractivity contribution in [3.63, 3.8) is 0 Å². The highest BCUT2D eigenvalue weighted by Gasteiger charge is 2.21. The Balaban J connectivity index is 1.66. The normalized spacial score (nSPS) is 11.7. The maximum Gasteiger partial charge on any atom is 0.277 e. The summed E-state index contributed by atoms with van der Waals surface area (Å²) in [7, 11) is -2.25. The molecule has 2 aromatic heterocycles. The Kier molecular flexibility index (Phi) is 9.03. The molecule has 0 aliphatic rings. The molecule has 0 saturated carbocycles. The second-order valence-electron chi connectivity index (χ2n) is 9.22. The summed E-state index contributed by atoms with van der Waals surface area (Å²) >= 11 is 0. The molecule has 0 spiro atoms. The smallest absolute Gasteiger partial charge is 0.277 e. The van der Waals surface area contributed by atoms with E-state index in [0.29, 0.717) is 47.8 Å². The quantitative estimate of drug-likeness (QED) is 0.239. The molecule has 208 valence electrons. The van der Waals surface area contributed by atoms with E-state index >= 15 is 0 Å². The van der Waals surface area contributed by atoms with Crippen molar-refractivity contribution in [3.05, 3.63) is 69.9 Å². The van der Waals surface area contributed by atoms with E-state index < -0.39 is 10.0 Å². The summed E-state index contributed by atoms with van der Waals surface area (Å²) in [6, 6.07) is 12.0. The topological polar surface area (TPSA) is 128 Å². The van der Waals surface area contributed by atoms with Crippen molar-refractivity contribution in [2.45, 2.75) is 57.8 Å². The van der Waals surface area contributed by atoms with Crippen molar-refractivity contribution in [2.75, 3.05) is 20.3 Å². The molecule has 39 heavy (non-hydrogen) atoms. The van der Waals surface area contributed by atoms with Gasteiger partial charge in [0.05, 0.1) is 29.9 Å². The van der Waals surface area contributed by atoms with Gasteiger partial charge >= 0.3 is 0 Å². The number of H-pyrrole nitrogens is 1. The number of ether oxygens (including phenoxy) is 2. The lowest BCUT2D eigenvalue weighted by Gasteiger charge is -2.13. The van der Waals surface area contributed by atoms with Crippen LogP contribution >= 0.6 is 0 Å². The fourth-order valence-corrected chi connectivity index (χ4v) is 5.46.